The zero-order chi connectivity index (χ0) is 17.9. The average Bonchev–Trinajstić information content (AvgIpc) is 2.52. The quantitative estimate of drug-likeness (QED) is 0.839. The molecule has 2 aromatic rings. The Balaban J connectivity index is 2.21. The van der Waals surface area contributed by atoms with Crippen LogP contribution in [0, 0.1) is 11.6 Å². The van der Waals surface area contributed by atoms with Gasteiger partial charge in [0, 0.05) is 22.0 Å². The van der Waals surface area contributed by atoms with E-state index in [0.717, 1.165) is 12.1 Å². The number of amides is 1. The van der Waals surface area contributed by atoms with Crippen LogP contribution < -0.4 is 5.32 Å². The zero-order valence-electron chi connectivity index (χ0n) is 12.0. The van der Waals surface area contributed by atoms with Crippen molar-refractivity contribution in [1.29, 1.82) is 0 Å². The number of halogens is 4. The van der Waals surface area contributed by atoms with Crippen molar-refractivity contribution < 1.29 is 23.5 Å². The van der Waals surface area contributed by atoms with Crippen molar-refractivity contribution in [1.82, 2.24) is 5.32 Å². The monoisotopic (exact) mass is 373 g/mol. The molecule has 24 heavy (non-hydrogen) atoms. The highest BCUT2D eigenvalue weighted by molar-refractivity contribution is 6.36. The van der Waals surface area contributed by atoms with Crippen LogP contribution in [-0.4, -0.2) is 23.0 Å². The summed E-state index contributed by atoms with van der Waals surface area (Å²) in [6, 6.07) is 5.86. The second-order valence-electron chi connectivity index (χ2n) is 4.90. The molecule has 0 saturated heterocycles. The van der Waals surface area contributed by atoms with E-state index < -0.39 is 29.6 Å². The second kappa shape index (κ2) is 7.59. The first-order valence-corrected chi connectivity index (χ1v) is 7.46. The van der Waals surface area contributed by atoms with Crippen LogP contribution in [0.25, 0.3) is 0 Å². The van der Waals surface area contributed by atoms with E-state index in [-0.39, 0.29) is 22.0 Å². The van der Waals surface area contributed by atoms with Gasteiger partial charge < -0.3 is 10.4 Å². The van der Waals surface area contributed by atoms with E-state index in [9.17, 15) is 23.5 Å². The smallest absolute Gasteiger partial charge is 0.326 e. The molecule has 126 valence electrons. The van der Waals surface area contributed by atoms with Gasteiger partial charge in [0.15, 0.2) is 11.6 Å². The lowest BCUT2D eigenvalue weighted by molar-refractivity contribution is -0.139. The van der Waals surface area contributed by atoms with Gasteiger partial charge in [0.25, 0.3) is 5.91 Å². The topological polar surface area (TPSA) is 66.4 Å². The molecule has 1 amide bonds. The van der Waals surface area contributed by atoms with Crippen LogP contribution in [0.3, 0.4) is 0 Å². The Bertz CT molecular complexity index is 779. The number of nitrogens with one attached hydrogen (secondary N) is 1. The molecule has 0 heterocycles. The minimum absolute atomic E-state index is 0.163. The number of hydrogen-bond donors (Lipinski definition) is 2. The van der Waals surface area contributed by atoms with Gasteiger partial charge in [0.2, 0.25) is 0 Å². The zero-order valence-corrected chi connectivity index (χ0v) is 13.5. The van der Waals surface area contributed by atoms with E-state index in [1.165, 1.54) is 0 Å². The molecule has 0 saturated carbocycles. The van der Waals surface area contributed by atoms with Gasteiger partial charge in [-0.2, -0.15) is 0 Å². The van der Waals surface area contributed by atoms with Gasteiger partial charge in [0.1, 0.15) is 6.04 Å². The predicted molar refractivity (Wildman–Crippen MR) is 85.4 cm³/mol. The molecule has 0 radical (unpaired) electrons. The van der Waals surface area contributed by atoms with Crippen LogP contribution in [0.2, 0.25) is 10.0 Å². The van der Waals surface area contributed by atoms with Gasteiger partial charge in [-0.05, 0) is 35.9 Å². The number of hydrogen-bond acceptors (Lipinski definition) is 2. The van der Waals surface area contributed by atoms with E-state index in [2.05, 4.69) is 5.32 Å². The molecule has 1 atom stereocenters. The molecule has 4 nitrogen and oxygen atoms in total. The van der Waals surface area contributed by atoms with Crippen molar-refractivity contribution in [3.8, 4) is 0 Å². The van der Waals surface area contributed by atoms with Gasteiger partial charge in [-0.3, -0.25) is 4.79 Å². The van der Waals surface area contributed by atoms with E-state index in [1.54, 1.807) is 18.2 Å². The number of carboxylic acids is 1. The van der Waals surface area contributed by atoms with E-state index in [4.69, 9.17) is 23.2 Å². The lowest BCUT2D eigenvalue weighted by atomic mass is 10.0. The molecule has 0 unspecified atom stereocenters. The van der Waals surface area contributed by atoms with Crippen LogP contribution in [0.1, 0.15) is 15.9 Å². The second-order valence-corrected chi connectivity index (χ2v) is 5.71. The van der Waals surface area contributed by atoms with Crippen molar-refractivity contribution in [2.24, 2.45) is 0 Å². The Hall–Kier alpha value is -2.18. The van der Waals surface area contributed by atoms with Crippen LogP contribution >= 0.6 is 23.2 Å². The Kier molecular flexibility index (Phi) is 5.75. The van der Waals surface area contributed by atoms with Crippen LogP contribution in [0.15, 0.2) is 36.4 Å². The summed E-state index contributed by atoms with van der Waals surface area (Å²) in [4.78, 5) is 23.4. The fourth-order valence-electron chi connectivity index (χ4n) is 2.01. The third-order valence-corrected chi connectivity index (χ3v) is 3.96. The highest BCUT2D eigenvalue weighted by atomic mass is 35.5. The minimum Gasteiger partial charge on any atom is -0.480 e. The summed E-state index contributed by atoms with van der Waals surface area (Å²) in [6.45, 7) is 0. The molecular weight excluding hydrogens is 363 g/mol. The minimum atomic E-state index is -1.34. The molecule has 0 aromatic heterocycles. The first kappa shape index (κ1) is 18.2. The third kappa shape index (κ3) is 4.21. The summed E-state index contributed by atoms with van der Waals surface area (Å²) >= 11 is 12.0. The van der Waals surface area contributed by atoms with E-state index >= 15 is 0 Å². The fourth-order valence-corrected chi connectivity index (χ4v) is 2.56. The number of carbonyl (C=O) groups excluding carboxylic acids is 1. The molecule has 0 aliphatic carbocycles. The fraction of sp³-hybridized carbons (Fsp3) is 0.125. The molecule has 8 heteroatoms. The summed E-state index contributed by atoms with van der Waals surface area (Å²) in [7, 11) is 0. The van der Waals surface area contributed by atoms with Crippen LogP contribution in [0.4, 0.5) is 8.78 Å². The number of carboxylic acid groups (broad SMARTS) is 1. The van der Waals surface area contributed by atoms with Crippen molar-refractivity contribution >= 4 is 35.1 Å². The van der Waals surface area contributed by atoms with Crippen LogP contribution in [-0.2, 0) is 11.2 Å². The summed E-state index contributed by atoms with van der Waals surface area (Å²) in [5, 5.41) is 12.0. The summed E-state index contributed by atoms with van der Waals surface area (Å²) < 4.78 is 26.1. The van der Waals surface area contributed by atoms with Crippen LogP contribution in [0.5, 0.6) is 0 Å². The Morgan fingerprint density at radius 3 is 2.25 bits per heavy atom. The standard InChI is InChI=1S/C16H11Cl2F2NO3/c17-10-2-1-3-11(18)9(10)7-14(16(23)24)21-15(22)8-4-5-12(19)13(20)6-8/h1-6,14H,7H2,(H,21,22)(H,23,24)/t14-/m0/s1. The maximum Gasteiger partial charge on any atom is 0.326 e. The number of benzene rings is 2. The average molecular weight is 374 g/mol. The number of aliphatic carboxylic acids is 1. The first-order valence-electron chi connectivity index (χ1n) is 6.71. The largest absolute Gasteiger partial charge is 0.480 e. The highest BCUT2D eigenvalue weighted by Gasteiger charge is 2.23. The van der Waals surface area contributed by atoms with E-state index in [0.29, 0.717) is 11.6 Å². The number of rotatable bonds is 5. The molecule has 2 rings (SSSR count). The number of carbonyl (C=O) groups is 2. The van der Waals surface area contributed by atoms with Gasteiger partial charge in [-0.25, -0.2) is 13.6 Å². The predicted octanol–water partition coefficient (Wildman–Crippen LogP) is 3.70. The molecule has 0 bridgehead atoms. The van der Waals surface area contributed by atoms with Crippen molar-refractivity contribution in [2.45, 2.75) is 12.5 Å². The summed E-state index contributed by atoms with van der Waals surface area (Å²) in [5.41, 5.74) is 0.157. The molecule has 2 aromatic carbocycles. The SMILES string of the molecule is O=C(N[C@@H](Cc1c(Cl)cccc1Cl)C(=O)O)c1ccc(F)c(F)c1. The summed E-state index contributed by atoms with van der Waals surface area (Å²) in [6.07, 6.45) is -0.163. The molecule has 0 spiro atoms. The summed E-state index contributed by atoms with van der Waals surface area (Å²) in [5.74, 6) is -4.49. The Labute approximate surface area is 146 Å². The van der Waals surface area contributed by atoms with Gasteiger partial charge >= 0.3 is 5.97 Å². The Morgan fingerprint density at radius 1 is 1.08 bits per heavy atom. The molecule has 0 aliphatic rings. The van der Waals surface area contributed by atoms with Crippen molar-refractivity contribution in [3.63, 3.8) is 0 Å². The van der Waals surface area contributed by atoms with Gasteiger partial charge in [-0.1, -0.05) is 29.3 Å². The first-order chi connectivity index (χ1) is 11.3. The third-order valence-electron chi connectivity index (χ3n) is 3.26. The van der Waals surface area contributed by atoms with Gasteiger partial charge in [0.05, 0.1) is 0 Å². The maximum absolute atomic E-state index is 13.2. The molecule has 0 aliphatic heterocycles. The highest BCUT2D eigenvalue weighted by Crippen LogP contribution is 2.25. The van der Waals surface area contributed by atoms with Gasteiger partial charge in [-0.15, -0.1) is 0 Å². The maximum atomic E-state index is 13.2. The lowest BCUT2D eigenvalue weighted by Crippen LogP contribution is -2.42. The normalized spacial score (nSPS) is 11.8. The van der Waals surface area contributed by atoms with Crippen molar-refractivity contribution in [3.05, 3.63) is 69.2 Å². The molecular formula is C16H11Cl2F2NO3. The molecule has 2 N–H and O–H groups in total. The lowest BCUT2D eigenvalue weighted by Gasteiger charge is -2.16. The van der Waals surface area contributed by atoms with E-state index in [1.807, 2.05) is 0 Å². The molecule has 0 fully saturated rings. The van der Waals surface area contributed by atoms with Crippen molar-refractivity contribution in [2.75, 3.05) is 0 Å². The Morgan fingerprint density at radius 2 is 1.71 bits per heavy atom.